The number of benzene rings is 1. The average Bonchev–Trinajstić information content (AvgIpc) is 3.01. The monoisotopic (exact) mass is 345 g/mol. The predicted octanol–water partition coefficient (Wildman–Crippen LogP) is 2.86. The molecular weight excluding hydrogens is 322 g/mol. The fourth-order valence-electron chi connectivity index (χ4n) is 2.94. The van der Waals surface area contributed by atoms with Gasteiger partial charge in [0.2, 0.25) is 11.1 Å². The number of aromatic nitrogens is 4. The molecule has 3 rings (SSSR count). The van der Waals surface area contributed by atoms with E-state index in [-0.39, 0.29) is 5.91 Å². The minimum atomic E-state index is 0.182. The molecule has 0 radical (unpaired) electrons. The minimum absolute atomic E-state index is 0.182. The van der Waals surface area contributed by atoms with Gasteiger partial charge in [0, 0.05) is 13.1 Å². The average molecular weight is 345 g/mol. The number of thioether (sulfide) groups is 1. The van der Waals surface area contributed by atoms with Gasteiger partial charge in [-0.05, 0) is 41.8 Å². The third kappa shape index (κ3) is 4.14. The lowest BCUT2D eigenvalue weighted by Crippen LogP contribution is -2.35. The largest absolute Gasteiger partial charge is 0.342 e. The highest BCUT2D eigenvalue weighted by atomic mass is 32.2. The van der Waals surface area contributed by atoms with Crippen LogP contribution in [0, 0.1) is 6.92 Å². The summed E-state index contributed by atoms with van der Waals surface area (Å²) in [5.41, 5.74) is 2.05. The Morgan fingerprint density at radius 1 is 1.12 bits per heavy atom. The molecule has 0 atom stereocenters. The Hall–Kier alpha value is -1.89. The van der Waals surface area contributed by atoms with Gasteiger partial charge in [0.15, 0.2) is 0 Å². The van der Waals surface area contributed by atoms with Crippen molar-refractivity contribution >= 4 is 17.7 Å². The smallest absolute Gasteiger partial charge is 0.233 e. The standard InChI is InChI=1S/C17H23N5OS/c1-14-9-5-6-10-15(14)22-17(18-19-20-22)24-13-16(23)21-11-7-3-2-4-8-12-21/h5-6,9-10H,2-4,7-8,11-13H2,1H3. The predicted molar refractivity (Wildman–Crippen MR) is 94.3 cm³/mol. The SMILES string of the molecule is Cc1ccccc1-n1nnnc1SCC(=O)N1CCCCCCC1. The van der Waals surface area contributed by atoms with Crippen molar-refractivity contribution in [2.75, 3.05) is 18.8 Å². The van der Waals surface area contributed by atoms with Crippen LogP contribution in [0.5, 0.6) is 0 Å². The van der Waals surface area contributed by atoms with E-state index >= 15 is 0 Å². The van der Waals surface area contributed by atoms with Crippen LogP contribution in [-0.4, -0.2) is 49.9 Å². The second-order valence-electron chi connectivity index (χ2n) is 6.10. The zero-order valence-corrected chi connectivity index (χ0v) is 14.8. The molecule has 1 saturated heterocycles. The van der Waals surface area contributed by atoms with Crippen LogP contribution in [0.2, 0.25) is 0 Å². The van der Waals surface area contributed by atoms with Crippen LogP contribution in [-0.2, 0) is 4.79 Å². The highest BCUT2D eigenvalue weighted by Gasteiger charge is 2.17. The number of amides is 1. The topological polar surface area (TPSA) is 63.9 Å². The van der Waals surface area contributed by atoms with E-state index in [1.165, 1.54) is 31.0 Å². The molecular formula is C17H23N5OS. The van der Waals surface area contributed by atoms with Gasteiger partial charge in [0.1, 0.15) is 0 Å². The van der Waals surface area contributed by atoms with Gasteiger partial charge in [0.05, 0.1) is 11.4 Å². The molecule has 2 heterocycles. The summed E-state index contributed by atoms with van der Waals surface area (Å²) in [5, 5.41) is 12.6. The van der Waals surface area contributed by atoms with Crippen LogP contribution < -0.4 is 0 Å². The van der Waals surface area contributed by atoms with E-state index < -0.39 is 0 Å². The van der Waals surface area contributed by atoms with Crippen molar-refractivity contribution in [1.82, 2.24) is 25.1 Å². The highest BCUT2D eigenvalue weighted by molar-refractivity contribution is 7.99. The van der Waals surface area contributed by atoms with E-state index in [0.717, 1.165) is 37.2 Å². The maximum Gasteiger partial charge on any atom is 0.233 e. The number of rotatable bonds is 4. The Labute approximate surface area is 146 Å². The molecule has 0 spiro atoms. The molecule has 1 aromatic carbocycles. The second kappa shape index (κ2) is 8.28. The van der Waals surface area contributed by atoms with Crippen LogP contribution in [0.25, 0.3) is 5.69 Å². The summed E-state index contributed by atoms with van der Waals surface area (Å²) in [6.45, 7) is 3.78. The molecule has 0 bridgehead atoms. The number of tetrazole rings is 1. The maximum absolute atomic E-state index is 12.5. The maximum atomic E-state index is 12.5. The Morgan fingerprint density at radius 2 is 1.83 bits per heavy atom. The van der Waals surface area contributed by atoms with Gasteiger partial charge >= 0.3 is 0 Å². The van der Waals surface area contributed by atoms with Gasteiger partial charge in [-0.15, -0.1) is 5.10 Å². The van der Waals surface area contributed by atoms with Crippen LogP contribution in [0.3, 0.4) is 0 Å². The van der Waals surface area contributed by atoms with Crippen molar-refractivity contribution in [2.24, 2.45) is 0 Å². The molecule has 128 valence electrons. The van der Waals surface area contributed by atoms with E-state index in [4.69, 9.17) is 0 Å². The highest BCUT2D eigenvalue weighted by Crippen LogP contribution is 2.21. The molecule has 1 amide bonds. The van der Waals surface area contributed by atoms with Gasteiger partial charge < -0.3 is 4.90 Å². The first-order valence-electron chi connectivity index (χ1n) is 8.50. The third-order valence-corrected chi connectivity index (χ3v) is 5.22. The van der Waals surface area contributed by atoms with Crippen LogP contribution in [0.4, 0.5) is 0 Å². The lowest BCUT2D eigenvalue weighted by molar-refractivity contribution is -0.128. The molecule has 0 aliphatic carbocycles. The second-order valence-corrected chi connectivity index (χ2v) is 7.04. The normalized spacial score (nSPS) is 15.8. The first-order valence-corrected chi connectivity index (χ1v) is 9.49. The summed E-state index contributed by atoms with van der Waals surface area (Å²) in [6.07, 6.45) is 5.96. The van der Waals surface area contributed by atoms with E-state index in [9.17, 15) is 4.79 Å². The van der Waals surface area contributed by atoms with Crippen molar-refractivity contribution in [3.63, 3.8) is 0 Å². The Balaban J connectivity index is 1.64. The molecule has 0 N–H and O–H groups in total. The number of para-hydroxylation sites is 1. The van der Waals surface area contributed by atoms with E-state index in [2.05, 4.69) is 15.5 Å². The van der Waals surface area contributed by atoms with Crippen molar-refractivity contribution in [3.05, 3.63) is 29.8 Å². The van der Waals surface area contributed by atoms with Crippen molar-refractivity contribution in [3.8, 4) is 5.69 Å². The quantitative estimate of drug-likeness (QED) is 0.797. The fraction of sp³-hybridized carbons (Fsp3) is 0.529. The summed E-state index contributed by atoms with van der Waals surface area (Å²) in [7, 11) is 0. The number of hydrogen-bond acceptors (Lipinski definition) is 5. The Kier molecular flexibility index (Phi) is 5.85. The van der Waals surface area contributed by atoms with Gasteiger partial charge in [-0.3, -0.25) is 4.79 Å². The molecule has 1 aromatic heterocycles. The number of carbonyl (C=O) groups excluding carboxylic acids is 1. The summed E-state index contributed by atoms with van der Waals surface area (Å²) < 4.78 is 1.71. The first-order chi connectivity index (χ1) is 11.8. The van der Waals surface area contributed by atoms with Gasteiger partial charge in [0.25, 0.3) is 0 Å². The van der Waals surface area contributed by atoms with Gasteiger partial charge in [-0.2, -0.15) is 4.68 Å². The number of aryl methyl sites for hydroxylation is 1. The summed E-state index contributed by atoms with van der Waals surface area (Å²) in [5.74, 6) is 0.563. The summed E-state index contributed by atoms with van der Waals surface area (Å²) in [6, 6.07) is 7.96. The van der Waals surface area contributed by atoms with Crippen LogP contribution >= 0.6 is 11.8 Å². The van der Waals surface area contributed by atoms with E-state index in [1.807, 2.05) is 36.1 Å². The summed E-state index contributed by atoms with van der Waals surface area (Å²) in [4.78, 5) is 14.5. The number of carbonyl (C=O) groups is 1. The molecule has 1 aliphatic heterocycles. The zero-order chi connectivity index (χ0) is 16.8. The molecule has 1 aliphatic rings. The lowest BCUT2D eigenvalue weighted by atomic mass is 10.1. The van der Waals surface area contributed by atoms with E-state index in [0.29, 0.717) is 10.9 Å². The molecule has 2 aromatic rings. The molecule has 0 saturated carbocycles. The van der Waals surface area contributed by atoms with Crippen molar-refractivity contribution < 1.29 is 4.79 Å². The molecule has 7 heteroatoms. The lowest BCUT2D eigenvalue weighted by Gasteiger charge is -2.24. The Morgan fingerprint density at radius 3 is 2.58 bits per heavy atom. The fourth-order valence-corrected chi connectivity index (χ4v) is 3.72. The van der Waals surface area contributed by atoms with E-state index in [1.54, 1.807) is 4.68 Å². The van der Waals surface area contributed by atoms with Gasteiger partial charge in [-0.1, -0.05) is 49.2 Å². The first kappa shape index (κ1) is 17.0. The third-order valence-electron chi connectivity index (χ3n) is 4.32. The van der Waals surface area contributed by atoms with Gasteiger partial charge in [-0.25, -0.2) is 0 Å². The molecule has 6 nitrogen and oxygen atoms in total. The van der Waals surface area contributed by atoms with Crippen molar-refractivity contribution in [2.45, 2.75) is 44.2 Å². The van der Waals surface area contributed by atoms with Crippen LogP contribution in [0.1, 0.15) is 37.7 Å². The number of nitrogens with zero attached hydrogens (tertiary/aromatic N) is 5. The van der Waals surface area contributed by atoms with Crippen molar-refractivity contribution in [1.29, 1.82) is 0 Å². The molecule has 1 fully saturated rings. The summed E-state index contributed by atoms with van der Waals surface area (Å²) >= 11 is 1.41. The molecule has 24 heavy (non-hydrogen) atoms. The van der Waals surface area contributed by atoms with Crippen LogP contribution in [0.15, 0.2) is 29.4 Å². The molecule has 0 unspecified atom stereocenters. The number of likely N-dealkylation sites (tertiary alicyclic amines) is 1. The number of hydrogen-bond donors (Lipinski definition) is 0. The Bertz CT molecular complexity index is 679. The zero-order valence-electron chi connectivity index (χ0n) is 14.0. The minimum Gasteiger partial charge on any atom is -0.342 e.